The fourth-order valence-corrected chi connectivity index (χ4v) is 6.54. The van der Waals surface area contributed by atoms with Crippen molar-refractivity contribution in [2.24, 2.45) is 4.99 Å². The summed E-state index contributed by atoms with van der Waals surface area (Å²) in [5.41, 5.74) is 2.46. The number of carbonyl (C=O) groups is 2. The lowest BCUT2D eigenvalue weighted by Gasteiger charge is -2.09. The second-order valence-electron chi connectivity index (χ2n) is 14.6. The van der Waals surface area contributed by atoms with E-state index in [2.05, 4.69) is 11.9 Å². The molecule has 0 amide bonds. The van der Waals surface area contributed by atoms with Gasteiger partial charge in [0.2, 0.25) is 0 Å². The highest BCUT2D eigenvalue weighted by Gasteiger charge is 2.11. The van der Waals surface area contributed by atoms with Crippen molar-refractivity contribution in [3.63, 3.8) is 0 Å². The molecule has 7 heteroatoms. The largest absolute Gasteiger partial charge is 0.494 e. The number of esters is 2. The fourth-order valence-electron chi connectivity index (χ4n) is 6.54. The van der Waals surface area contributed by atoms with Crippen LogP contribution in [-0.2, 0) is 0 Å². The predicted molar refractivity (Wildman–Crippen MR) is 232 cm³/mol. The number of hydrogen-bond acceptors (Lipinski definition) is 7. The third-order valence-electron chi connectivity index (χ3n) is 9.88. The molecule has 5 rings (SSSR count). The number of unbranched alkanes of at least 4 members (excludes halogenated alkanes) is 13. The van der Waals surface area contributed by atoms with Crippen molar-refractivity contribution in [1.82, 2.24) is 0 Å². The molecular formula is C50H59NO6. The molecule has 0 N–H and O–H groups in total. The van der Waals surface area contributed by atoms with E-state index in [0.717, 1.165) is 47.3 Å². The molecule has 5 aromatic carbocycles. The van der Waals surface area contributed by atoms with Gasteiger partial charge >= 0.3 is 11.9 Å². The number of nitrogens with zero attached hydrogens (tertiary/aromatic N) is 1. The van der Waals surface area contributed by atoms with Crippen LogP contribution in [0.4, 0.5) is 5.69 Å². The van der Waals surface area contributed by atoms with Gasteiger partial charge in [-0.2, -0.15) is 0 Å². The van der Waals surface area contributed by atoms with Crippen LogP contribution in [0.1, 0.15) is 136 Å². The lowest BCUT2D eigenvalue weighted by molar-refractivity contribution is 0.0725. The van der Waals surface area contributed by atoms with Crippen LogP contribution in [0.3, 0.4) is 0 Å². The number of aliphatic imine (C=N–C) groups is 1. The average Bonchev–Trinajstić information content (AvgIpc) is 3.24. The summed E-state index contributed by atoms with van der Waals surface area (Å²) in [5, 5.41) is 1.97. The molecule has 0 radical (unpaired) electrons. The SMILES string of the molecule is CCCCCCCCCCCCCCCCOc1ccc2cc(C(=O)Oc3ccc(N=Cc4ccc(OC(=O)c5ccc(OCCC)cc5)cc4)cc3)ccc2c1. The molecule has 0 atom stereocenters. The number of ether oxygens (including phenoxy) is 4. The van der Waals surface area contributed by atoms with E-state index in [1.54, 1.807) is 72.9 Å². The van der Waals surface area contributed by atoms with Gasteiger partial charge in [0, 0.05) is 6.21 Å². The van der Waals surface area contributed by atoms with E-state index in [9.17, 15) is 9.59 Å². The Hall–Kier alpha value is -5.43. The van der Waals surface area contributed by atoms with Crippen LogP contribution in [-0.4, -0.2) is 31.4 Å². The van der Waals surface area contributed by atoms with Gasteiger partial charge in [-0.25, -0.2) is 9.59 Å². The monoisotopic (exact) mass is 769 g/mol. The summed E-state index contributed by atoms with van der Waals surface area (Å²) in [7, 11) is 0. The minimum atomic E-state index is -0.440. The van der Waals surface area contributed by atoms with Gasteiger partial charge in [0.05, 0.1) is 30.0 Å². The van der Waals surface area contributed by atoms with E-state index in [1.165, 1.54) is 83.5 Å². The number of benzene rings is 5. The van der Waals surface area contributed by atoms with E-state index in [-0.39, 0.29) is 0 Å². The fraction of sp³-hybridized carbons (Fsp3) is 0.380. The van der Waals surface area contributed by atoms with Crippen LogP contribution >= 0.6 is 0 Å². The minimum Gasteiger partial charge on any atom is -0.494 e. The van der Waals surface area contributed by atoms with E-state index in [4.69, 9.17) is 18.9 Å². The molecule has 7 nitrogen and oxygen atoms in total. The van der Waals surface area contributed by atoms with Gasteiger partial charge in [-0.1, -0.05) is 109 Å². The van der Waals surface area contributed by atoms with Crippen LogP contribution in [0.25, 0.3) is 10.8 Å². The molecule has 0 saturated heterocycles. The maximum Gasteiger partial charge on any atom is 0.343 e. The Morgan fingerprint density at radius 3 is 1.54 bits per heavy atom. The van der Waals surface area contributed by atoms with Gasteiger partial charge in [-0.05, 0) is 126 Å². The second kappa shape index (κ2) is 24.3. The average molecular weight is 770 g/mol. The molecule has 0 aliphatic heterocycles. The zero-order valence-electron chi connectivity index (χ0n) is 33.9. The van der Waals surface area contributed by atoms with Crippen LogP contribution in [0, 0.1) is 0 Å². The maximum absolute atomic E-state index is 13.0. The van der Waals surface area contributed by atoms with Crippen molar-refractivity contribution in [2.75, 3.05) is 13.2 Å². The molecule has 0 aliphatic rings. The Bertz CT molecular complexity index is 1970. The summed E-state index contributed by atoms with van der Waals surface area (Å²) in [6.45, 7) is 5.67. The predicted octanol–water partition coefficient (Wildman–Crippen LogP) is 13.7. The number of carbonyl (C=O) groups excluding carboxylic acids is 2. The quantitative estimate of drug-likeness (QED) is 0.0254. The van der Waals surface area contributed by atoms with Gasteiger partial charge in [0.15, 0.2) is 0 Å². The Labute approximate surface area is 339 Å². The molecule has 0 heterocycles. The highest BCUT2D eigenvalue weighted by molar-refractivity contribution is 5.97. The molecular weight excluding hydrogens is 711 g/mol. The summed E-state index contributed by atoms with van der Waals surface area (Å²) in [4.78, 5) is 30.1. The van der Waals surface area contributed by atoms with Crippen molar-refractivity contribution >= 4 is 34.6 Å². The first kappa shape index (κ1) is 42.7. The Balaban J connectivity index is 0.983. The van der Waals surface area contributed by atoms with Crippen LogP contribution in [0.2, 0.25) is 0 Å². The summed E-state index contributed by atoms with van der Waals surface area (Å²) in [5.74, 6) is 1.57. The molecule has 0 bridgehead atoms. The second-order valence-corrected chi connectivity index (χ2v) is 14.6. The number of hydrogen-bond donors (Lipinski definition) is 0. The molecule has 0 fully saturated rings. The lowest BCUT2D eigenvalue weighted by atomic mass is 10.0. The third-order valence-corrected chi connectivity index (χ3v) is 9.88. The van der Waals surface area contributed by atoms with Crippen LogP contribution < -0.4 is 18.9 Å². The smallest absolute Gasteiger partial charge is 0.343 e. The highest BCUT2D eigenvalue weighted by atomic mass is 16.5. The normalized spacial score (nSPS) is 11.2. The van der Waals surface area contributed by atoms with Crippen molar-refractivity contribution in [1.29, 1.82) is 0 Å². The minimum absolute atomic E-state index is 0.426. The van der Waals surface area contributed by atoms with E-state index in [1.807, 2.05) is 49.4 Å². The first-order chi connectivity index (χ1) is 28.0. The first-order valence-corrected chi connectivity index (χ1v) is 21.1. The number of rotatable bonds is 25. The molecule has 5 aromatic rings. The summed E-state index contributed by atoms with van der Waals surface area (Å²) in [6.07, 6.45) is 21.4. The lowest BCUT2D eigenvalue weighted by Crippen LogP contribution is -2.08. The zero-order chi connectivity index (χ0) is 39.9. The van der Waals surface area contributed by atoms with Gasteiger partial charge < -0.3 is 18.9 Å². The van der Waals surface area contributed by atoms with Gasteiger partial charge in [0.25, 0.3) is 0 Å². The van der Waals surface area contributed by atoms with Gasteiger partial charge in [-0.15, -0.1) is 0 Å². The van der Waals surface area contributed by atoms with E-state index < -0.39 is 11.9 Å². The molecule has 57 heavy (non-hydrogen) atoms. The molecule has 0 saturated carbocycles. The zero-order valence-corrected chi connectivity index (χ0v) is 33.9. The van der Waals surface area contributed by atoms with Crippen LogP contribution in [0.5, 0.6) is 23.0 Å². The Kier molecular flexibility index (Phi) is 18.2. The first-order valence-electron chi connectivity index (χ1n) is 21.1. The molecule has 0 unspecified atom stereocenters. The van der Waals surface area contributed by atoms with E-state index in [0.29, 0.717) is 34.9 Å². The van der Waals surface area contributed by atoms with Crippen molar-refractivity contribution in [2.45, 2.75) is 110 Å². The van der Waals surface area contributed by atoms with Crippen molar-refractivity contribution in [3.05, 3.63) is 126 Å². The van der Waals surface area contributed by atoms with Crippen molar-refractivity contribution in [3.8, 4) is 23.0 Å². The topological polar surface area (TPSA) is 83.4 Å². The summed E-state index contributed by atoms with van der Waals surface area (Å²) >= 11 is 0. The third kappa shape index (κ3) is 15.2. The molecule has 0 spiro atoms. The standard InChI is InChI=1S/C50H59NO6/c1-3-5-6-7-8-9-10-11-12-13-14-15-16-17-35-55-48-31-24-41-36-43(21-20-42(41)37-48)50(53)57-47-32-25-44(26-33-47)51-38-39-18-27-46(28-19-39)56-49(52)40-22-29-45(30-23-40)54-34-4-2/h18-33,36-38H,3-17,34-35H2,1-2H3. The molecule has 0 aromatic heterocycles. The maximum atomic E-state index is 13.0. The van der Waals surface area contributed by atoms with E-state index >= 15 is 0 Å². The number of fused-ring (bicyclic) bond motifs is 1. The van der Waals surface area contributed by atoms with Crippen LogP contribution in [0.15, 0.2) is 114 Å². The highest BCUT2D eigenvalue weighted by Crippen LogP contribution is 2.25. The Morgan fingerprint density at radius 2 is 0.930 bits per heavy atom. The Morgan fingerprint density at radius 1 is 0.456 bits per heavy atom. The van der Waals surface area contributed by atoms with Crippen molar-refractivity contribution < 1.29 is 28.5 Å². The molecule has 300 valence electrons. The summed E-state index contributed by atoms with van der Waals surface area (Å²) in [6, 6.07) is 32.6. The molecule has 0 aliphatic carbocycles. The van der Waals surface area contributed by atoms with Gasteiger partial charge in [0.1, 0.15) is 23.0 Å². The van der Waals surface area contributed by atoms with Gasteiger partial charge in [-0.3, -0.25) is 4.99 Å². The summed E-state index contributed by atoms with van der Waals surface area (Å²) < 4.78 is 22.8.